The molecule has 0 unspecified atom stereocenters. The first-order chi connectivity index (χ1) is 9.19. The average molecular weight is 284 g/mol. The molecule has 0 atom stereocenters. The van der Waals surface area contributed by atoms with E-state index in [4.69, 9.17) is 10.6 Å². The molecule has 1 amide bonds. The van der Waals surface area contributed by atoms with Crippen LogP contribution in [0.4, 0.5) is 0 Å². The molecular weight excluding hydrogens is 268 g/mol. The standard InChI is InChI=1S/C12H16N2O4S/c1-17-11(15)8-19-7-6-18-10-5-3-2-4-9(10)12(16)14-13/h2-5H,6-8,13H2,1H3,(H,14,16). The Labute approximate surface area is 115 Å². The van der Waals surface area contributed by atoms with Crippen LogP contribution in [0, 0.1) is 0 Å². The molecule has 0 saturated carbocycles. The molecule has 0 heterocycles. The van der Waals surface area contributed by atoms with Crippen LogP contribution in [0.1, 0.15) is 10.4 Å². The van der Waals surface area contributed by atoms with Crippen molar-refractivity contribution in [1.29, 1.82) is 0 Å². The number of nitrogens with two attached hydrogens (primary N) is 1. The highest BCUT2D eigenvalue weighted by atomic mass is 32.2. The minimum absolute atomic E-state index is 0.270. The van der Waals surface area contributed by atoms with Crippen LogP contribution in [-0.2, 0) is 9.53 Å². The second-order valence-electron chi connectivity index (χ2n) is 3.45. The maximum atomic E-state index is 11.5. The van der Waals surface area contributed by atoms with Crippen molar-refractivity contribution in [3.05, 3.63) is 29.8 Å². The number of nitrogens with one attached hydrogen (secondary N) is 1. The highest BCUT2D eigenvalue weighted by Gasteiger charge is 2.10. The van der Waals surface area contributed by atoms with Gasteiger partial charge in [0, 0.05) is 5.75 Å². The summed E-state index contributed by atoms with van der Waals surface area (Å²) in [5, 5.41) is 0. The molecule has 0 aromatic heterocycles. The fourth-order valence-corrected chi connectivity index (χ4v) is 1.91. The minimum atomic E-state index is -0.405. The third-order valence-corrected chi connectivity index (χ3v) is 3.09. The van der Waals surface area contributed by atoms with Gasteiger partial charge < -0.3 is 9.47 Å². The SMILES string of the molecule is COC(=O)CSCCOc1ccccc1C(=O)NN. The van der Waals surface area contributed by atoms with E-state index in [1.807, 2.05) is 0 Å². The Balaban J connectivity index is 2.41. The van der Waals surface area contributed by atoms with Crippen molar-refractivity contribution in [3.8, 4) is 5.75 Å². The fraction of sp³-hybridized carbons (Fsp3) is 0.333. The van der Waals surface area contributed by atoms with Gasteiger partial charge in [0.15, 0.2) is 0 Å². The normalized spacial score (nSPS) is 9.79. The lowest BCUT2D eigenvalue weighted by Gasteiger charge is -2.09. The van der Waals surface area contributed by atoms with Crippen molar-refractivity contribution in [3.63, 3.8) is 0 Å². The number of hydrogen-bond donors (Lipinski definition) is 2. The highest BCUT2D eigenvalue weighted by molar-refractivity contribution is 7.99. The maximum absolute atomic E-state index is 11.5. The first kappa shape index (κ1) is 15.3. The average Bonchev–Trinajstić information content (AvgIpc) is 2.46. The molecule has 7 heteroatoms. The first-order valence-corrected chi connectivity index (χ1v) is 6.72. The number of carbonyl (C=O) groups is 2. The predicted octanol–water partition coefficient (Wildman–Crippen LogP) is 0.575. The van der Waals surface area contributed by atoms with E-state index in [-0.39, 0.29) is 11.7 Å². The van der Waals surface area contributed by atoms with Crippen molar-refractivity contribution >= 4 is 23.6 Å². The van der Waals surface area contributed by atoms with Gasteiger partial charge in [0.05, 0.1) is 25.0 Å². The van der Waals surface area contributed by atoms with Gasteiger partial charge in [0.2, 0.25) is 0 Å². The summed E-state index contributed by atoms with van der Waals surface area (Å²) in [7, 11) is 1.35. The molecule has 0 radical (unpaired) electrons. The summed E-state index contributed by atoms with van der Waals surface area (Å²) >= 11 is 1.40. The number of para-hydroxylation sites is 1. The molecule has 0 aliphatic carbocycles. The smallest absolute Gasteiger partial charge is 0.315 e. The number of ether oxygens (including phenoxy) is 2. The van der Waals surface area contributed by atoms with Crippen molar-refractivity contribution in [2.45, 2.75) is 0 Å². The quantitative estimate of drug-likeness (QED) is 0.250. The van der Waals surface area contributed by atoms with Gasteiger partial charge in [0.1, 0.15) is 5.75 Å². The Hall–Kier alpha value is -1.73. The van der Waals surface area contributed by atoms with Gasteiger partial charge in [0.25, 0.3) is 5.91 Å². The van der Waals surface area contributed by atoms with Gasteiger partial charge >= 0.3 is 5.97 Å². The van der Waals surface area contributed by atoms with E-state index in [0.29, 0.717) is 23.7 Å². The Kier molecular flexibility index (Phi) is 6.76. The first-order valence-electron chi connectivity index (χ1n) is 5.56. The number of methoxy groups -OCH3 is 1. The Morgan fingerprint density at radius 1 is 1.37 bits per heavy atom. The molecule has 0 aliphatic rings. The molecule has 104 valence electrons. The zero-order valence-electron chi connectivity index (χ0n) is 10.5. The van der Waals surface area contributed by atoms with Crippen molar-refractivity contribution in [2.75, 3.05) is 25.2 Å². The van der Waals surface area contributed by atoms with Gasteiger partial charge in [-0.05, 0) is 12.1 Å². The monoisotopic (exact) mass is 284 g/mol. The molecule has 1 aromatic rings. The lowest BCUT2D eigenvalue weighted by molar-refractivity contribution is -0.137. The third-order valence-electron chi connectivity index (χ3n) is 2.20. The summed E-state index contributed by atoms with van der Waals surface area (Å²) in [6.07, 6.45) is 0. The highest BCUT2D eigenvalue weighted by Crippen LogP contribution is 2.17. The molecule has 1 rings (SSSR count). The number of thioether (sulfide) groups is 1. The van der Waals surface area contributed by atoms with Crippen LogP contribution in [-0.4, -0.2) is 37.1 Å². The Bertz CT molecular complexity index is 439. The predicted molar refractivity (Wildman–Crippen MR) is 72.9 cm³/mol. The van der Waals surface area contributed by atoms with Crippen LogP contribution >= 0.6 is 11.8 Å². The molecular formula is C12H16N2O4S. The second kappa shape index (κ2) is 8.39. The van der Waals surface area contributed by atoms with Crippen LogP contribution in [0.5, 0.6) is 5.75 Å². The lowest BCUT2D eigenvalue weighted by atomic mass is 10.2. The summed E-state index contributed by atoms with van der Waals surface area (Å²) in [5.74, 6) is 5.78. The van der Waals surface area contributed by atoms with Crippen LogP contribution in [0.25, 0.3) is 0 Å². The van der Waals surface area contributed by atoms with E-state index in [1.165, 1.54) is 18.9 Å². The Morgan fingerprint density at radius 2 is 2.11 bits per heavy atom. The molecule has 0 bridgehead atoms. The molecule has 0 aliphatic heterocycles. The molecule has 0 spiro atoms. The summed E-state index contributed by atoms with van der Waals surface area (Å²) in [4.78, 5) is 22.3. The minimum Gasteiger partial charge on any atom is -0.492 e. The number of carbonyl (C=O) groups excluding carboxylic acids is 2. The van der Waals surface area contributed by atoms with E-state index >= 15 is 0 Å². The van der Waals surface area contributed by atoms with Gasteiger partial charge in [-0.2, -0.15) is 0 Å². The Morgan fingerprint density at radius 3 is 2.79 bits per heavy atom. The number of hydrogen-bond acceptors (Lipinski definition) is 6. The van der Waals surface area contributed by atoms with E-state index in [9.17, 15) is 9.59 Å². The number of amides is 1. The maximum Gasteiger partial charge on any atom is 0.315 e. The van der Waals surface area contributed by atoms with E-state index < -0.39 is 5.91 Å². The van der Waals surface area contributed by atoms with E-state index in [1.54, 1.807) is 24.3 Å². The third kappa shape index (κ3) is 5.19. The zero-order chi connectivity index (χ0) is 14.1. The number of esters is 1. The van der Waals surface area contributed by atoms with Gasteiger partial charge in [-0.15, -0.1) is 11.8 Å². The van der Waals surface area contributed by atoms with Crippen LogP contribution in [0.2, 0.25) is 0 Å². The molecule has 1 aromatic carbocycles. The summed E-state index contributed by atoms with van der Waals surface area (Å²) < 4.78 is 10.00. The number of hydrazine groups is 1. The number of nitrogen functional groups attached to an aromatic ring is 1. The van der Waals surface area contributed by atoms with Crippen LogP contribution in [0.15, 0.2) is 24.3 Å². The van der Waals surface area contributed by atoms with Crippen molar-refractivity contribution < 1.29 is 19.1 Å². The van der Waals surface area contributed by atoms with Crippen LogP contribution < -0.4 is 16.0 Å². The second-order valence-corrected chi connectivity index (χ2v) is 4.55. The number of rotatable bonds is 7. The summed E-state index contributed by atoms with van der Waals surface area (Å²) in [6.45, 7) is 0.385. The van der Waals surface area contributed by atoms with Gasteiger partial charge in [-0.3, -0.25) is 15.0 Å². The zero-order valence-corrected chi connectivity index (χ0v) is 11.4. The molecule has 19 heavy (non-hydrogen) atoms. The summed E-state index contributed by atoms with van der Waals surface area (Å²) in [5.41, 5.74) is 2.44. The van der Waals surface area contributed by atoms with Crippen molar-refractivity contribution in [1.82, 2.24) is 5.43 Å². The van der Waals surface area contributed by atoms with Gasteiger partial charge in [-0.25, -0.2) is 5.84 Å². The summed E-state index contributed by atoms with van der Waals surface area (Å²) in [6, 6.07) is 6.81. The topological polar surface area (TPSA) is 90.6 Å². The molecule has 3 N–H and O–H groups in total. The molecule has 0 fully saturated rings. The van der Waals surface area contributed by atoms with E-state index in [2.05, 4.69) is 10.2 Å². The van der Waals surface area contributed by atoms with Gasteiger partial charge in [-0.1, -0.05) is 12.1 Å². The van der Waals surface area contributed by atoms with Crippen molar-refractivity contribution in [2.24, 2.45) is 5.84 Å². The molecule has 0 saturated heterocycles. The fourth-order valence-electron chi connectivity index (χ4n) is 1.28. The largest absolute Gasteiger partial charge is 0.492 e. The van der Waals surface area contributed by atoms with Crippen LogP contribution in [0.3, 0.4) is 0 Å². The van der Waals surface area contributed by atoms with E-state index in [0.717, 1.165) is 0 Å². The molecule has 6 nitrogen and oxygen atoms in total. The lowest BCUT2D eigenvalue weighted by Crippen LogP contribution is -2.30. The number of benzene rings is 1.